The molecule has 0 amide bonds. The van der Waals surface area contributed by atoms with Gasteiger partial charge in [0.05, 0.1) is 10.6 Å². The Kier molecular flexibility index (Phi) is 3.61. The first-order valence-corrected chi connectivity index (χ1v) is 5.77. The van der Waals surface area contributed by atoms with Gasteiger partial charge in [0, 0.05) is 18.5 Å². The molecule has 0 aliphatic carbocycles. The molecule has 2 rings (SSSR count). The highest BCUT2D eigenvalue weighted by Gasteiger charge is 2.20. The molecule has 1 N–H and O–H groups in total. The minimum Gasteiger partial charge on any atom is -0.379 e. The average Bonchev–Trinajstić information content (AvgIpc) is 2.87. The predicted molar refractivity (Wildman–Crippen MR) is 69.6 cm³/mol. The third-order valence-corrected chi connectivity index (χ3v) is 2.81. The van der Waals surface area contributed by atoms with Gasteiger partial charge < -0.3 is 5.32 Å². The Morgan fingerprint density at radius 2 is 2.26 bits per heavy atom. The zero-order chi connectivity index (χ0) is 13.8. The van der Waals surface area contributed by atoms with E-state index in [1.165, 1.54) is 6.07 Å². The fourth-order valence-electron chi connectivity index (χ4n) is 1.78. The molecule has 0 aliphatic heterocycles. The van der Waals surface area contributed by atoms with E-state index in [1.807, 2.05) is 6.92 Å². The van der Waals surface area contributed by atoms with Crippen LogP contribution in [0, 0.1) is 22.5 Å². The van der Waals surface area contributed by atoms with Crippen LogP contribution in [0.15, 0.2) is 16.8 Å². The molecule has 1 aromatic heterocycles. The van der Waals surface area contributed by atoms with E-state index in [9.17, 15) is 10.1 Å². The summed E-state index contributed by atoms with van der Waals surface area (Å²) in [5.74, 6) is 2.58. The first-order valence-electron chi connectivity index (χ1n) is 5.77. The monoisotopic (exact) mass is 260 g/mol. The van der Waals surface area contributed by atoms with Gasteiger partial charge >= 0.3 is 5.69 Å². The van der Waals surface area contributed by atoms with Crippen LogP contribution in [0.25, 0.3) is 11.0 Å². The number of rotatable bonds is 5. The van der Waals surface area contributed by atoms with Crippen LogP contribution in [-0.2, 0) is 0 Å². The molecule has 1 aromatic carbocycles. The first-order chi connectivity index (χ1) is 9.17. The third-order valence-electron chi connectivity index (χ3n) is 2.81. The van der Waals surface area contributed by atoms with E-state index in [0.717, 1.165) is 6.42 Å². The highest BCUT2D eigenvalue weighted by atomic mass is 16.6. The van der Waals surface area contributed by atoms with Gasteiger partial charge in [-0.2, -0.15) is 0 Å². The summed E-state index contributed by atoms with van der Waals surface area (Å²) in [5, 5.41) is 21.3. The molecule has 7 heteroatoms. The van der Waals surface area contributed by atoms with Gasteiger partial charge in [-0.15, -0.1) is 12.3 Å². The van der Waals surface area contributed by atoms with Gasteiger partial charge in [0.25, 0.3) is 0 Å². The lowest BCUT2D eigenvalue weighted by Gasteiger charge is -2.15. The summed E-state index contributed by atoms with van der Waals surface area (Å²) in [6.07, 6.45) is 6.67. The van der Waals surface area contributed by atoms with Crippen molar-refractivity contribution in [3.05, 3.63) is 22.2 Å². The molecule has 98 valence electrons. The second-order valence-corrected chi connectivity index (χ2v) is 4.01. The molecule has 7 nitrogen and oxygen atoms in total. The second kappa shape index (κ2) is 5.35. The standard InChI is InChI=1S/C12H12N4O3/c1-3-5-8(4-2)13-9-6-7-10(16(17)18)12-11(9)14-19-15-12/h1,6-8,13H,4-5H2,2H3. The number of hydrogen-bond donors (Lipinski definition) is 1. The van der Waals surface area contributed by atoms with E-state index >= 15 is 0 Å². The highest BCUT2D eigenvalue weighted by molar-refractivity contribution is 5.93. The van der Waals surface area contributed by atoms with Gasteiger partial charge in [-0.05, 0) is 22.8 Å². The fourth-order valence-corrected chi connectivity index (χ4v) is 1.78. The highest BCUT2D eigenvalue weighted by Crippen LogP contribution is 2.29. The molecule has 0 saturated carbocycles. The Morgan fingerprint density at radius 3 is 2.89 bits per heavy atom. The minimum absolute atomic E-state index is 0.0753. The van der Waals surface area contributed by atoms with Crippen molar-refractivity contribution in [1.29, 1.82) is 0 Å². The number of hydrogen-bond acceptors (Lipinski definition) is 6. The summed E-state index contributed by atoms with van der Waals surface area (Å²) in [6, 6.07) is 3.03. The van der Waals surface area contributed by atoms with E-state index < -0.39 is 4.92 Å². The van der Waals surface area contributed by atoms with Crippen molar-refractivity contribution in [3.63, 3.8) is 0 Å². The maximum absolute atomic E-state index is 10.9. The van der Waals surface area contributed by atoms with Gasteiger partial charge in [-0.25, -0.2) is 4.63 Å². The molecule has 0 saturated heterocycles. The fraction of sp³-hybridized carbons (Fsp3) is 0.333. The lowest BCUT2D eigenvalue weighted by atomic mass is 10.1. The first kappa shape index (κ1) is 12.8. The maximum Gasteiger partial charge on any atom is 0.300 e. The summed E-state index contributed by atoms with van der Waals surface area (Å²) in [6.45, 7) is 2.00. The summed E-state index contributed by atoms with van der Waals surface area (Å²) >= 11 is 0. The summed E-state index contributed by atoms with van der Waals surface area (Å²) in [7, 11) is 0. The Labute approximate surface area is 109 Å². The van der Waals surface area contributed by atoms with Crippen LogP contribution in [0.4, 0.5) is 11.4 Å². The zero-order valence-corrected chi connectivity index (χ0v) is 10.3. The van der Waals surface area contributed by atoms with Crippen LogP contribution in [0.1, 0.15) is 19.8 Å². The molecule has 0 aliphatic rings. The maximum atomic E-state index is 10.9. The van der Waals surface area contributed by atoms with Gasteiger partial charge in [0.15, 0.2) is 5.52 Å². The third kappa shape index (κ3) is 2.47. The van der Waals surface area contributed by atoms with Crippen LogP contribution in [0.3, 0.4) is 0 Å². The molecule has 0 spiro atoms. The summed E-state index contributed by atoms with van der Waals surface area (Å²) < 4.78 is 4.59. The number of nitrogens with one attached hydrogen (secondary N) is 1. The number of aromatic nitrogens is 2. The number of nitrogens with zero attached hydrogens (tertiary/aromatic N) is 3. The summed E-state index contributed by atoms with van der Waals surface area (Å²) in [4.78, 5) is 10.3. The van der Waals surface area contributed by atoms with Crippen molar-refractivity contribution >= 4 is 22.4 Å². The van der Waals surface area contributed by atoms with Gasteiger partial charge in [0.2, 0.25) is 5.52 Å². The van der Waals surface area contributed by atoms with Crippen LogP contribution in [0.2, 0.25) is 0 Å². The Bertz CT molecular complexity index is 644. The Hall–Kier alpha value is -2.62. The topological polar surface area (TPSA) is 94.1 Å². The van der Waals surface area contributed by atoms with Gasteiger partial charge in [-0.3, -0.25) is 10.1 Å². The van der Waals surface area contributed by atoms with E-state index in [1.54, 1.807) is 6.07 Å². The Balaban J connectivity index is 2.40. The minimum atomic E-state index is -0.519. The van der Waals surface area contributed by atoms with Crippen molar-refractivity contribution in [1.82, 2.24) is 10.3 Å². The molecule has 1 heterocycles. The van der Waals surface area contributed by atoms with Gasteiger partial charge in [-0.1, -0.05) is 6.92 Å². The lowest BCUT2D eigenvalue weighted by molar-refractivity contribution is -0.383. The van der Waals surface area contributed by atoms with Crippen molar-refractivity contribution in [2.45, 2.75) is 25.8 Å². The van der Waals surface area contributed by atoms with Crippen LogP contribution in [0.5, 0.6) is 0 Å². The quantitative estimate of drug-likeness (QED) is 0.503. The molecule has 0 fully saturated rings. The van der Waals surface area contributed by atoms with Crippen molar-refractivity contribution < 1.29 is 9.55 Å². The number of fused-ring (bicyclic) bond motifs is 1. The number of nitro benzene ring substituents is 1. The second-order valence-electron chi connectivity index (χ2n) is 4.01. The van der Waals surface area contributed by atoms with Crippen molar-refractivity contribution in [3.8, 4) is 12.3 Å². The summed E-state index contributed by atoms with van der Waals surface area (Å²) in [5.41, 5.74) is 0.964. The van der Waals surface area contributed by atoms with Crippen LogP contribution in [-0.4, -0.2) is 21.3 Å². The molecule has 0 bridgehead atoms. The van der Waals surface area contributed by atoms with E-state index in [-0.39, 0.29) is 17.2 Å². The molecular formula is C12H12N4O3. The van der Waals surface area contributed by atoms with Gasteiger partial charge in [0.1, 0.15) is 0 Å². The molecular weight excluding hydrogens is 248 g/mol. The Morgan fingerprint density at radius 1 is 1.53 bits per heavy atom. The molecule has 1 unspecified atom stereocenters. The largest absolute Gasteiger partial charge is 0.379 e. The van der Waals surface area contributed by atoms with E-state index in [0.29, 0.717) is 17.6 Å². The number of nitro groups is 1. The SMILES string of the molecule is C#CCC(CC)Nc1ccc([N+](=O)[O-])c2nonc12. The predicted octanol–water partition coefficient (Wildman–Crippen LogP) is 2.34. The molecule has 1 atom stereocenters. The zero-order valence-electron chi connectivity index (χ0n) is 10.3. The van der Waals surface area contributed by atoms with Crippen molar-refractivity contribution in [2.75, 3.05) is 5.32 Å². The van der Waals surface area contributed by atoms with E-state index in [4.69, 9.17) is 6.42 Å². The number of terminal acetylenes is 1. The normalized spacial score (nSPS) is 12.0. The van der Waals surface area contributed by atoms with E-state index in [2.05, 4.69) is 26.2 Å². The van der Waals surface area contributed by atoms with Crippen LogP contribution >= 0.6 is 0 Å². The number of non-ortho nitro benzene ring substituents is 1. The average molecular weight is 260 g/mol. The lowest BCUT2D eigenvalue weighted by Crippen LogP contribution is -2.17. The number of benzene rings is 1. The van der Waals surface area contributed by atoms with Crippen molar-refractivity contribution in [2.24, 2.45) is 0 Å². The van der Waals surface area contributed by atoms with Crippen LogP contribution < -0.4 is 5.32 Å². The number of anilines is 1. The smallest absolute Gasteiger partial charge is 0.300 e. The molecule has 2 aromatic rings. The molecule has 19 heavy (non-hydrogen) atoms. The molecule has 0 radical (unpaired) electrons.